The van der Waals surface area contributed by atoms with Crippen molar-refractivity contribution in [1.82, 2.24) is 29.3 Å². The topological polar surface area (TPSA) is 80.0 Å². The first-order chi connectivity index (χ1) is 20.0. The van der Waals surface area contributed by atoms with Gasteiger partial charge < -0.3 is 24.7 Å². The van der Waals surface area contributed by atoms with E-state index in [-0.39, 0.29) is 11.9 Å². The van der Waals surface area contributed by atoms with Crippen molar-refractivity contribution in [3.63, 3.8) is 0 Å². The van der Waals surface area contributed by atoms with Crippen LogP contribution in [0.25, 0.3) is 22.1 Å². The van der Waals surface area contributed by atoms with Gasteiger partial charge in [0.15, 0.2) is 10.9 Å². The molecule has 0 bridgehead atoms. The van der Waals surface area contributed by atoms with Crippen LogP contribution in [0.1, 0.15) is 60.3 Å². The number of hydrogen-bond donors (Lipinski definition) is 2. The van der Waals surface area contributed by atoms with Gasteiger partial charge in [0.25, 0.3) is 5.91 Å². The van der Waals surface area contributed by atoms with Gasteiger partial charge in [-0.05, 0) is 62.0 Å². The largest absolute Gasteiger partial charge is 0.351 e. The van der Waals surface area contributed by atoms with Crippen LogP contribution in [0.3, 0.4) is 0 Å². The maximum atomic E-state index is 13.9. The normalized spacial score (nSPS) is 15.0. The zero-order chi connectivity index (χ0) is 28.1. The van der Waals surface area contributed by atoms with E-state index in [2.05, 4.69) is 51.7 Å². The lowest BCUT2D eigenvalue weighted by atomic mass is 9.99. The predicted octanol–water partition coefficient (Wildman–Crippen LogP) is 5.79. The Labute approximate surface area is 244 Å². The van der Waals surface area contributed by atoms with Crippen molar-refractivity contribution in [2.24, 2.45) is 7.05 Å². The van der Waals surface area contributed by atoms with Crippen LogP contribution >= 0.6 is 12.2 Å². The molecule has 0 saturated heterocycles. The van der Waals surface area contributed by atoms with Crippen LogP contribution in [0.2, 0.25) is 0 Å². The Morgan fingerprint density at radius 1 is 1.02 bits per heavy atom. The number of aromatic nitrogens is 4. The number of carbonyl (C=O) groups excluding carboxylic acids is 1. The number of anilines is 1. The fraction of sp³-hybridized carbons (Fsp3) is 0.312. The molecule has 1 amide bonds. The highest BCUT2D eigenvalue weighted by Gasteiger charge is 2.43. The van der Waals surface area contributed by atoms with E-state index in [4.69, 9.17) is 17.2 Å². The van der Waals surface area contributed by atoms with Crippen molar-refractivity contribution in [1.29, 1.82) is 0 Å². The molecule has 3 aromatic heterocycles. The number of hydrogen-bond acceptors (Lipinski definition) is 4. The standard InChI is InChI=1S/C32H33N7OS/c1-3-38-25(31(40)39(22-14-15-22)23-16-17-23)18-24-28-27(33-19-37(28)2)29(35-30(24)38)36-32(41)34-26(20-10-6-4-7-11-20)21-12-8-5-9-13-21/h4-13,18-19,22-23,26H,3,14-17H2,1-2H3,(H2,34,35,36,41). The first-order valence-electron chi connectivity index (χ1n) is 14.4. The molecule has 0 atom stereocenters. The summed E-state index contributed by atoms with van der Waals surface area (Å²) in [6, 6.07) is 23.1. The zero-order valence-corrected chi connectivity index (χ0v) is 24.1. The number of fused-ring (bicyclic) bond motifs is 3. The van der Waals surface area contributed by atoms with E-state index in [1.54, 1.807) is 6.33 Å². The molecule has 8 nitrogen and oxygen atoms in total. The first-order valence-corrected chi connectivity index (χ1v) is 14.8. The lowest BCUT2D eigenvalue weighted by Crippen LogP contribution is -2.36. The third-order valence-corrected chi connectivity index (χ3v) is 8.35. The summed E-state index contributed by atoms with van der Waals surface area (Å²) < 4.78 is 4.03. The fourth-order valence-electron chi connectivity index (χ4n) is 5.89. The van der Waals surface area contributed by atoms with Gasteiger partial charge in [0, 0.05) is 31.1 Å². The predicted molar refractivity (Wildman–Crippen MR) is 166 cm³/mol. The fourth-order valence-corrected chi connectivity index (χ4v) is 6.10. The molecule has 2 N–H and O–H groups in total. The van der Waals surface area contributed by atoms with E-state index >= 15 is 0 Å². The molecule has 2 saturated carbocycles. The number of nitrogens with zero attached hydrogens (tertiary/aromatic N) is 5. The second kappa shape index (κ2) is 10.3. The van der Waals surface area contributed by atoms with Gasteiger partial charge in [-0.25, -0.2) is 9.97 Å². The summed E-state index contributed by atoms with van der Waals surface area (Å²) in [7, 11) is 1.97. The molecule has 0 aliphatic heterocycles. The number of nitrogens with one attached hydrogen (secondary N) is 2. The highest BCUT2D eigenvalue weighted by molar-refractivity contribution is 7.80. The second-order valence-electron chi connectivity index (χ2n) is 11.1. The number of aryl methyl sites for hydroxylation is 2. The van der Waals surface area contributed by atoms with Gasteiger partial charge in [-0.2, -0.15) is 0 Å². The minimum atomic E-state index is -0.139. The zero-order valence-electron chi connectivity index (χ0n) is 23.2. The average Bonchev–Trinajstić information content (AvgIpc) is 3.93. The third-order valence-electron chi connectivity index (χ3n) is 8.13. The average molecular weight is 564 g/mol. The van der Waals surface area contributed by atoms with Crippen molar-refractivity contribution in [3.05, 3.63) is 89.9 Å². The van der Waals surface area contributed by atoms with Gasteiger partial charge in [-0.1, -0.05) is 60.7 Å². The highest BCUT2D eigenvalue weighted by Crippen LogP contribution is 2.39. The molecule has 2 aliphatic rings. The Morgan fingerprint density at radius 3 is 2.20 bits per heavy atom. The first kappa shape index (κ1) is 25.7. The number of carbonyl (C=O) groups is 1. The van der Waals surface area contributed by atoms with Gasteiger partial charge in [0.1, 0.15) is 16.9 Å². The van der Waals surface area contributed by atoms with Crippen LogP contribution in [0.4, 0.5) is 5.82 Å². The van der Waals surface area contributed by atoms with Crippen LogP contribution < -0.4 is 10.6 Å². The molecule has 5 aromatic rings. The van der Waals surface area contributed by atoms with Gasteiger partial charge >= 0.3 is 0 Å². The van der Waals surface area contributed by atoms with Gasteiger partial charge in [0.05, 0.1) is 17.9 Å². The molecule has 2 aromatic carbocycles. The Bertz CT molecular complexity index is 1700. The molecule has 0 radical (unpaired) electrons. The number of pyridine rings is 1. The van der Waals surface area contributed by atoms with Gasteiger partial charge in [0.2, 0.25) is 0 Å². The summed E-state index contributed by atoms with van der Waals surface area (Å²) in [5.74, 6) is 0.684. The van der Waals surface area contributed by atoms with E-state index in [9.17, 15) is 4.79 Å². The minimum Gasteiger partial charge on any atom is -0.351 e. The number of benzene rings is 2. The van der Waals surface area contributed by atoms with Gasteiger partial charge in [-0.15, -0.1) is 0 Å². The van der Waals surface area contributed by atoms with Crippen molar-refractivity contribution < 1.29 is 4.79 Å². The molecule has 3 heterocycles. The third kappa shape index (κ3) is 4.74. The maximum absolute atomic E-state index is 13.9. The van der Waals surface area contributed by atoms with E-state index in [0.717, 1.165) is 53.4 Å². The molecule has 41 heavy (non-hydrogen) atoms. The Kier molecular flexibility index (Phi) is 6.46. The van der Waals surface area contributed by atoms with Crippen molar-refractivity contribution in [2.75, 3.05) is 5.32 Å². The number of imidazole rings is 1. The van der Waals surface area contributed by atoms with Crippen molar-refractivity contribution >= 4 is 51.1 Å². The van der Waals surface area contributed by atoms with Crippen molar-refractivity contribution in [3.8, 4) is 0 Å². The van der Waals surface area contributed by atoms with E-state index in [1.807, 2.05) is 58.6 Å². The second-order valence-corrected chi connectivity index (χ2v) is 11.5. The summed E-state index contributed by atoms with van der Waals surface area (Å²) in [4.78, 5) is 25.7. The van der Waals surface area contributed by atoms with Crippen LogP contribution in [0.15, 0.2) is 73.1 Å². The Hall–Kier alpha value is -4.24. The molecule has 0 unspecified atom stereocenters. The van der Waals surface area contributed by atoms with E-state index < -0.39 is 0 Å². The summed E-state index contributed by atoms with van der Waals surface area (Å²) in [5, 5.41) is 8.22. The molecular weight excluding hydrogens is 530 g/mol. The van der Waals surface area contributed by atoms with E-state index in [1.165, 1.54) is 0 Å². The molecule has 2 aliphatic carbocycles. The summed E-state index contributed by atoms with van der Waals surface area (Å²) in [6.07, 6.45) is 6.19. The highest BCUT2D eigenvalue weighted by atomic mass is 32.1. The SMILES string of the molecule is CCn1c(C(=O)N(C2CC2)C2CC2)cc2c3c(ncn3C)c(NC(=S)NC(c3ccccc3)c3ccccc3)nc21. The smallest absolute Gasteiger partial charge is 0.271 e. The van der Waals surface area contributed by atoms with Crippen LogP contribution in [-0.2, 0) is 13.6 Å². The molecule has 7 rings (SSSR count). The lowest BCUT2D eigenvalue weighted by molar-refractivity contribution is 0.0719. The maximum Gasteiger partial charge on any atom is 0.271 e. The Balaban J connectivity index is 1.26. The van der Waals surface area contributed by atoms with Gasteiger partial charge in [-0.3, -0.25) is 4.79 Å². The van der Waals surface area contributed by atoms with E-state index in [0.29, 0.717) is 40.8 Å². The number of amides is 1. The monoisotopic (exact) mass is 563 g/mol. The summed E-state index contributed by atoms with van der Waals surface area (Å²) in [6.45, 7) is 2.70. The summed E-state index contributed by atoms with van der Waals surface area (Å²) in [5.41, 5.74) is 5.30. The Morgan fingerprint density at radius 2 is 1.63 bits per heavy atom. The van der Waals surface area contributed by atoms with Crippen LogP contribution in [0.5, 0.6) is 0 Å². The quantitative estimate of drug-likeness (QED) is 0.233. The summed E-state index contributed by atoms with van der Waals surface area (Å²) >= 11 is 5.85. The molecule has 208 valence electrons. The molecule has 0 spiro atoms. The number of rotatable bonds is 8. The minimum absolute atomic E-state index is 0.116. The molecule has 9 heteroatoms. The molecule has 2 fully saturated rings. The molecular formula is C32H33N7OS. The van der Waals surface area contributed by atoms with Crippen LogP contribution in [0, 0.1) is 0 Å². The lowest BCUT2D eigenvalue weighted by Gasteiger charge is -2.22. The van der Waals surface area contributed by atoms with Crippen LogP contribution in [-0.4, -0.2) is 47.1 Å². The van der Waals surface area contributed by atoms with Crippen molar-refractivity contribution in [2.45, 2.75) is 57.3 Å². The number of thiocarbonyl (C=S) groups is 1.